The van der Waals surface area contributed by atoms with Gasteiger partial charge in [-0.3, -0.25) is 0 Å². The minimum atomic E-state index is -0.929. The maximum atomic E-state index is 2.61. The van der Waals surface area contributed by atoms with Gasteiger partial charge < -0.3 is 0 Å². The highest BCUT2D eigenvalue weighted by Crippen LogP contribution is 2.28. The zero-order valence-corrected chi connectivity index (χ0v) is 9.98. The van der Waals surface area contributed by atoms with Crippen LogP contribution in [-0.2, 0) is 0 Å². The van der Waals surface area contributed by atoms with Crippen molar-refractivity contribution in [3.63, 3.8) is 0 Å². The van der Waals surface area contributed by atoms with E-state index in [1.54, 1.807) is 5.57 Å². The summed E-state index contributed by atoms with van der Waals surface area (Å²) in [4.78, 5) is 0. The van der Waals surface area contributed by atoms with E-state index in [-0.39, 0.29) is 0 Å². The highest BCUT2D eigenvalue weighted by atomic mass is 28.3. The molecule has 0 aromatic carbocycles. The Morgan fingerprint density at radius 3 is 2.08 bits per heavy atom. The van der Waals surface area contributed by atoms with E-state index in [2.05, 4.69) is 32.3 Å². The molecule has 0 aliphatic heterocycles. The second-order valence-corrected chi connectivity index (χ2v) is 10.4. The van der Waals surface area contributed by atoms with Gasteiger partial charge >= 0.3 is 0 Å². The van der Waals surface area contributed by atoms with Crippen molar-refractivity contribution in [3.8, 4) is 0 Å². The smallest absolute Gasteiger partial charge is 0.0686 e. The van der Waals surface area contributed by atoms with Crippen molar-refractivity contribution in [2.24, 2.45) is 5.92 Å². The first kappa shape index (κ1) is 10.0. The van der Waals surface area contributed by atoms with Crippen LogP contribution < -0.4 is 0 Å². The van der Waals surface area contributed by atoms with E-state index >= 15 is 0 Å². The minimum Gasteiger partial charge on any atom is -0.0958 e. The van der Waals surface area contributed by atoms with Crippen molar-refractivity contribution in [1.29, 1.82) is 0 Å². The fraction of sp³-hybridized carbons (Fsp3) is 0.818. The second-order valence-electron chi connectivity index (χ2n) is 5.35. The molecular formula is C11H22Si. The fourth-order valence-electron chi connectivity index (χ4n) is 1.89. The third-order valence-electron chi connectivity index (χ3n) is 2.55. The Morgan fingerprint density at radius 1 is 1.17 bits per heavy atom. The predicted octanol–water partition coefficient (Wildman–Crippen LogP) is 4.00. The topological polar surface area (TPSA) is 0 Å². The molecule has 0 radical (unpaired) electrons. The summed E-state index contributed by atoms with van der Waals surface area (Å²) in [5, 5.41) is 0. The molecule has 0 unspecified atom stereocenters. The van der Waals surface area contributed by atoms with Crippen LogP contribution in [0.25, 0.3) is 0 Å². The van der Waals surface area contributed by atoms with Crippen molar-refractivity contribution in [2.75, 3.05) is 0 Å². The van der Waals surface area contributed by atoms with Crippen LogP contribution in [0.15, 0.2) is 11.3 Å². The van der Waals surface area contributed by atoms with Gasteiger partial charge in [0.25, 0.3) is 0 Å². The third-order valence-corrected chi connectivity index (χ3v) is 3.83. The van der Waals surface area contributed by atoms with Crippen molar-refractivity contribution in [1.82, 2.24) is 0 Å². The van der Waals surface area contributed by atoms with E-state index < -0.39 is 8.07 Å². The number of allylic oxidation sites excluding steroid dienone is 1. The van der Waals surface area contributed by atoms with Crippen LogP contribution in [-0.4, -0.2) is 8.07 Å². The normalized spacial score (nSPS) is 25.7. The van der Waals surface area contributed by atoms with Crippen molar-refractivity contribution in [3.05, 3.63) is 11.3 Å². The average Bonchev–Trinajstić information content (AvgIpc) is 1.91. The van der Waals surface area contributed by atoms with E-state index in [1.807, 2.05) is 0 Å². The van der Waals surface area contributed by atoms with Crippen molar-refractivity contribution < 1.29 is 0 Å². The van der Waals surface area contributed by atoms with Gasteiger partial charge in [-0.2, -0.15) is 0 Å². The lowest BCUT2D eigenvalue weighted by atomic mass is 9.89. The molecule has 1 aliphatic rings. The van der Waals surface area contributed by atoms with E-state index in [4.69, 9.17) is 0 Å². The predicted molar refractivity (Wildman–Crippen MR) is 59.1 cm³/mol. The molecule has 1 rings (SSSR count). The summed E-state index contributed by atoms with van der Waals surface area (Å²) in [6, 6.07) is 0. The maximum absolute atomic E-state index is 2.61. The molecule has 0 nitrogen and oxygen atoms in total. The minimum absolute atomic E-state index is 0.929. The summed E-state index contributed by atoms with van der Waals surface area (Å²) in [5.74, 6) is 0.976. The molecular weight excluding hydrogens is 161 g/mol. The van der Waals surface area contributed by atoms with Gasteiger partial charge in [-0.15, -0.1) is 0 Å². The molecule has 0 amide bonds. The van der Waals surface area contributed by atoms with Crippen LogP contribution in [0.1, 0.15) is 32.6 Å². The monoisotopic (exact) mass is 183 g/mol. The quantitative estimate of drug-likeness (QED) is 0.426. The highest BCUT2D eigenvalue weighted by Gasteiger charge is 2.15. The molecule has 0 atom stereocenters. The first-order valence-corrected chi connectivity index (χ1v) is 8.76. The first-order chi connectivity index (χ1) is 5.47. The zero-order valence-electron chi connectivity index (χ0n) is 8.98. The van der Waals surface area contributed by atoms with Gasteiger partial charge in [0, 0.05) is 0 Å². The lowest BCUT2D eigenvalue weighted by Crippen LogP contribution is -2.18. The van der Waals surface area contributed by atoms with Gasteiger partial charge in [-0.25, -0.2) is 0 Å². The van der Waals surface area contributed by atoms with Gasteiger partial charge in [-0.05, 0) is 31.6 Å². The Labute approximate surface area is 78.1 Å². The van der Waals surface area contributed by atoms with Crippen molar-refractivity contribution >= 4 is 8.07 Å². The third kappa shape index (κ3) is 3.57. The molecule has 0 N–H and O–H groups in total. The lowest BCUT2D eigenvalue weighted by Gasteiger charge is -2.22. The molecule has 0 aromatic rings. The van der Waals surface area contributed by atoms with Gasteiger partial charge in [0.1, 0.15) is 0 Å². The molecule has 1 saturated carbocycles. The van der Waals surface area contributed by atoms with Gasteiger partial charge in [0.15, 0.2) is 0 Å². The van der Waals surface area contributed by atoms with Gasteiger partial charge in [0.2, 0.25) is 0 Å². The number of rotatable bonds is 1. The van der Waals surface area contributed by atoms with E-state index in [9.17, 15) is 0 Å². The molecule has 1 fully saturated rings. The van der Waals surface area contributed by atoms with E-state index in [0.717, 1.165) is 5.92 Å². The molecule has 12 heavy (non-hydrogen) atoms. The molecule has 1 aliphatic carbocycles. The summed E-state index contributed by atoms with van der Waals surface area (Å²) in [6.07, 6.45) is 5.61. The highest BCUT2D eigenvalue weighted by molar-refractivity contribution is 6.81. The molecule has 1 heteroatoms. The van der Waals surface area contributed by atoms with E-state index in [1.165, 1.54) is 25.7 Å². The van der Waals surface area contributed by atoms with Gasteiger partial charge in [0.05, 0.1) is 8.07 Å². The first-order valence-electron chi connectivity index (χ1n) is 5.18. The second kappa shape index (κ2) is 3.78. The van der Waals surface area contributed by atoms with Crippen molar-refractivity contribution in [2.45, 2.75) is 52.2 Å². The molecule has 0 bridgehead atoms. The zero-order chi connectivity index (χ0) is 9.19. The summed E-state index contributed by atoms with van der Waals surface area (Å²) in [5.41, 5.74) is 4.37. The SMILES string of the molecule is CC1CCC(=[13CH][Si](C)(C)C)CC1. The number of hydrogen-bond donors (Lipinski definition) is 0. The fourth-order valence-corrected chi connectivity index (χ4v) is 3.40. The maximum Gasteiger partial charge on any atom is 0.0686 e. The molecule has 0 saturated heterocycles. The average molecular weight is 183 g/mol. The molecule has 0 spiro atoms. The summed E-state index contributed by atoms with van der Waals surface area (Å²) in [6.45, 7) is 9.67. The van der Waals surface area contributed by atoms with Crippen LogP contribution in [0, 0.1) is 5.92 Å². The van der Waals surface area contributed by atoms with Crippen LogP contribution >= 0.6 is 0 Å². The van der Waals surface area contributed by atoms with Crippen LogP contribution in [0.2, 0.25) is 19.6 Å². The van der Waals surface area contributed by atoms with Crippen LogP contribution in [0.5, 0.6) is 0 Å². The largest absolute Gasteiger partial charge is 0.0958 e. The Bertz CT molecular complexity index is 164. The van der Waals surface area contributed by atoms with Crippen LogP contribution in [0.4, 0.5) is 0 Å². The van der Waals surface area contributed by atoms with E-state index in [0.29, 0.717) is 0 Å². The Hall–Kier alpha value is -0.0431. The Balaban J connectivity index is 2.49. The Morgan fingerprint density at radius 2 is 1.67 bits per heavy atom. The summed E-state index contributed by atoms with van der Waals surface area (Å²) < 4.78 is 0. The van der Waals surface area contributed by atoms with Crippen LogP contribution in [0.3, 0.4) is 0 Å². The van der Waals surface area contributed by atoms with Gasteiger partial charge in [-0.1, -0.05) is 37.8 Å². The molecule has 70 valence electrons. The standard InChI is InChI=1S/C11H22Si/c1-10-5-7-11(8-6-10)9-12(2,3)4/h9-10H,5-8H2,1-4H3/i9+1. The lowest BCUT2D eigenvalue weighted by molar-refractivity contribution is 0.444. The summed E-state index contributed by atoms with van der Waals surface area (Å²) in [7, 11) is -0.929. The molecule has 0 heterocycles. The molecule has 0 aromatic heterocycles. The summed E-state index contributed by atoms with van der Waals surface area (Å²) >= 11 is 0. The number of hydrogen-bond acceptors (Lipinski definition) is 0. The Kier molecular flexibility index (Phi) is 3.16.